The zero-order valence-electron chi connectivity index (χ0n) is 38.6. The second kappa shape index (κ2) is 16.4. The molecule has 5 heterocycles. The molecule has 4 fully saturated rings. The maximum Gasteiger partial charge on any atom is 0.357 e. The molecule has 11 rings (SSSR count). The van der Waals surface area contributed by atoms with Crippen LogP contribution in [-0.2, 0) is 36.7 Å². The molecule has 2 unspecified atom stereocenters. The lowest BCUT2D eigenvalue weighted by Gasteiger charge is -2.69. The van der Waals surface area contributed by atoms with Gasteiger partial charge in [0.05, 0.1) is 54.3 Å². The van der Waals surface area contributed by atoms with Crippen LogP contribution in [0.3, 0.4) is 0 Å². The smallest absolute Gasteiger partial charge is 0.357 e. The molecule has 6 aromatic rings. The van der Waals surface area contributed by atoms with Crippen molar-refractivity contribution in [2.24, 2.45) is 16.2 Å². The van der Waals surface area contributed by atoms with Gasteiger partial charge in [-0.1, -0.05) is 42.9 Å². The number of carbonyl (C=O) groups is 1. The Kier molecular flexibility index (Phi) is 11.0. The number of nitrogens with one attached hydrogen (secondary N) is 1. The summed E-state index contributed by atoms with van der Waals surface area (Å²) in [6.45, 7) is 12.3. The number of thiazole rings is 1. The van der Waals surface area contributed by atoms with E-state index in [1.807, 2.05) is 55.3 Å². The van der Waals surface area contributed by atoms with Crippen LogP contribution in [0.15, 0.2) is 65.7 Å². The number of methoxy groups -OCH3 is 2. The molecule has 2 aromatic carbocycles. The van der Waals surface area contributed by atoms with E-state index in [4.69, 9.17) is 38.6 Å². The number of anilines is 4. The van der Waals surface area contributed by atoms with E-state index in [-0.39, 0.29) is 40.0 Å². The summed E-state index contributed by atoms with van der Waals surface area (Å²) in [5.74, 6) is 2.14. The minimum Gasteiger partial charge on any atom is -0.497 e. The van der Waals surface area contributed by atoms with Crippen LogP contribution in [-0.4, -0.2) is 83.9 Å². The Balaban J connectivity index is 0.880. The predicted octanol–water partition coefficient (Wildman–Crippen LogP) is 9.43. The molecule has 5 aliphatic rings. The van der Waals surface area contributed by atoms with E-state index in [2.05, 4.69) is 35.9 Å². The minimum atomic E-state index is -3.89. The number of hydrogen-bond donors (Lipinski definition) is 1. The van der Waals surface area contributed by atoms with Gasteiger partial charge >= 0.3 is 5.97 Å². The first-order valence-electron chi connectivity index (χ1n) is 22.6. The summed E-state index contributed by atoms with van der Waals surface area (Å²) >= 11 is 1.54. The van der Waals surface area contributed by atoms with Gasteiger partial charge in [0, 0.05) is 47.1 Å². The van der Waals surface area contributed by atoms with Crippen LogP contribution < -0.4 is 15.0 Å². The number of esters is 1. The molecule has 0 amide bonds. The Morgan fingerprint density at radius 1 is 0.879 bits per heavy atom. The molecule has 17 heteroatoms. The topological polar surface area (TPSA) is 173 Å². The highest BCUT2D eigenvalue weighted by molar-refractivity contribution is 7.86. The number of fused-ring (bicyclic) bond motifs is 2. The van der Waals surface area contributed by atoms with Crippen molar-refractivity contribution in [2.75, 3.05) is 44.2 Å². The fourth-order valence-electron chi connectivity index (χ4n) is 12.7. The molecule has 4 aromatic heterocycles. The van der Waals surface area contributed by atoms with Crippen LogP contribution in [0.2, 0.25) is 0 Å². The molecule has 4 aliphatic carbocycles. The molecule has 0 radical (unpaired) electrons. The highest BCUT2D eigenvalue weighted by Crippen LogP contribution is 2.72. The standard InChI is InChI=1S/C49H56N8O7S2/c1-30-10-13-34(14-11-30)66(59,60)64-20-19-63-49-26-46(4)23-47(5,27-49)25-48(24-46,28-49)29-57-32(3)37(22-50-57)36-15-17-40(52-41(36)44(58)62-7)56-18-8-9-35-31(2)42(54-55-43(35)56)53-45-51-38-21-33(61-6)12-16-39(38)65-45/h10-17,21-22H,8-9,18-20,23-29H2,1-7H3,(H,51,53,54). The first kappa shape index (κ1) is 44.4. The van der Waals surface area contributed by atoms with Crippen molar-refractivity contribution in [2.45, 2.75) is 103 Å². The monoisotopic (exact) mass is 932 g/mol. The zero-order valence-corrected chi connectivity index (χ0v) is 40.2. The van der Waals surface area contributed by atoms with E-state index >= 15 is 0 Å². The summed E-state index contributed by atoms with van der Waals surface area (Å²) in [5.41, 5.74) is 6.11. The van der Waals surface area contributed by atoms with E-state index in [1.54, 1.807) is 31.4 Å². The van der Waals surface area contributed by atoms with Crippen LogP contribution in [0.4, 0.5) is 22.6 Å². The second-order valence-corrected chi connectivity index (χ2v) is 22.5. The summed E-state index contributed by atoms with van der Waals surface area (Å²) in [4.78, 5) is 25.5. The molecular formula is C49H56N8O7S2. The van der Waals surface area contributed by atoms with Gasteiger partial charge in [0.15, 0.2) is 22.5 Å². The fourth-order valence-corrected chi connectivity index (χ4v) is 14.4. The largest absolute Gasteiger partial charge is 0.497 e. The van der Waals surface area contributed by atoms with Gasteiger partial charge in [-0.3, -0.25) is 8.86 Å². The Hall–Kier alpha value is -5.49. The normalized spacial score (nSPS) is 24.4. The van der Waals surface area contributed by atoms with E-state index in [1.165, 1.54) is 18.4 Å². The Labute approximate surface area is 389 Å². The Morgan fingerprint density at radius 3 is 2.39 bits per heavy atom. The van der Waals surface area contributed by atoms with Gasteiger partial charge < -0.3 is 24.4 Å². The van der Waals surface area contributed by atoms with Gasteiger partial charge in [0.1, 0.15) is 11.6 Å². The summed E-state index contributed by atoms with van der Waals surface area (Å²) in [6, 6.07) is 16.4. The molecule has 66 heavy (non-hydrogen) atoms. The van der Waals surface area contributed by atoms with E-state index in [0.29, 0.717) is 41.2 Å². The molecule has 346 valence electrons. The van der Waals surface area contributed by atoms with Gasteiger partial charge in [-0.25, -0.2) is 14.8 Å². The first-order valence-corrected chi connectivity index (χ1v) is 24.8. The molecule has 0 spiro atoms. The van der Waals surface area contributed by atoms with Crippen LogP contribution in [0, 0.1) is 37.0 Å². The first-order chi connectivity index (χ1) is 31.5. The second-order valence-electron chi connectivity index (χ2n) is 19.9. The number of aromatic nitrogens is 6. The Bertz CT molecular complexity index is 2970. The molecule has 1 N–H and O–H groups in total. The van der Waals surface area contributed by atoms with Crippen molar-refractivity contribution in [3.05, 3.63) is 88.9 Å². The molecule has 4 saturated carbocycles. The zero-order chi connectivity index (χ0) is 46.2. The maximum atomic E-state index is 13.6. The number of rotatable bonds is 14. The highest BCUT2D eigenvalue weighted by atomic mass is 32.2. The quantitative estimate of drug-likeness (QED) is 0.0622. The lowest BCUT2D eigenvalue weighted by Crippen LogP contribution is -2.64. The van der Waals surface area contributed by atoms with Crippen LogP contribution in [0.25, 0.3) is 21.3 Å². The van der Waals surface area contributed by atoms with Crippen molar-refractivity contribution < 1.29 is 31.6 Å². The summed E-state index contributed by atoms with van der Waals surface area (Å²) in [5, 5.41) is 18.4. The number of aryl methyl sites for hydroxylation is 1. The number of carbonyl (C=O) groups excluding carboxylic acids is 1. The van der Waals surface area contributed by atoms with Gasteiger partial charge in [0.2, 0.25) is 0 Å². The third-order valence-electron chi connectivity index (χ3n) is 14.3. The highest BCUT2D eigenvalue weighted by Gasteiger charge is 2.66. The van der Waals surface area contributed by atoms with Crippen LogP contribution >= 0.6 is 11.3 Å². The lowest BCUT2D eigenvalue weighted by molar-refractivity contribution is -0.249. The van der Waals surface area contributed by atoms with E-state index in [9.17, 15) is 13.2 Å². The predicted molar refractivity (Wildman–Crippen MR) is 252 cm³/mol. The molecule has 2 atom stereocenters. The van der Waals surface area contributed by atoms with Gasteiger partial charge in [0.25, 0.3) is 10.1 Å². The SMILES string of the molecule is COC(=O)c1nc(N2CCCc3c2nnc(Nc2nc4cc(OC)ccc4s2)c3C)ccc1-c1cnn(CC23CC4(C)CC(C)(C2)CC(OCCOS(=O)(=O)c2ccc(C)cc2)(C4)C3)c1C. The minimum absolute atomic E-state index is 0.0479. The fraction of sp³-hybridized carbons (Fsp3) is 0.469. The number of ether oxygens (including phenoxy) is 3. The van der Waals surface area contributed by atoms with Crippen molar-refractivity contribution in [3.8, 4) is 16.9 Å². The number of pyridine rings is 1. The molecule has 0 saturated heterocycles. The number of benzene rings is 2. The summed E-state index contributed by atoms with van der Waals surface area (Å²) in [7, 11) is -0.877. The maximum absolute atomic E-state index is 13.6. The van der Waals surface area contributed by atoms with Gasteiger partial charge in [-0.05, 0) is 125 Å². The van der Waals surface area contributed by atoms with Gasteiger partial charge in [-0.2, -0.15) is 13.5 Å². The average Bonchev–Trinajstić information content (AvgIpc) is 3.85. The van der Waals surface area contributed by atoms with Crippen LogP contribution in [0.1, 0.15) is 91.7 Å². The molecular weight excluding hydrogens is 877 g/mol. The average molecular weight is 933 g/mol. The van der Waals surface area contributed by atoms with Crippen molar-refractivity contribution in [1.29, 1.82) is 0 Å². The van der Waals surface area contributed by atoms with Crippen LogP contribution in [0.5, 0.6) is 5.75 Å². The molecule has 15 nitrogen and oxygen atoms in total. The van der Waals surface area contributed by atoms with E-state index < -0.39 is 21.7 Å². The summed E-state index contributed by atoms with van der Waals surface area (Å²) < 4.78 is 52.0. The third kappa shape index (κ3) is 8.11. The lowest BCUT2D eigenvalue weighted by atomic mass is 9.39. The Morgan fingerprint density at radius 2 is 1.65 bits per heavy atom. The molecule has 4 bridgehead atoms. The third-order valence-corrected chi connectivity index (χ3v) is 16.6. The summed E-state index contributed by atoms with van der Waals surface area (Å²) in [6.07, 6.45) is 9.44. The number of hydrogen-bond acceptors (Lipinski definition) is 15. The van der Waals surface area contributed by atoms with Crippen molar-refractivity contribution >= 4 is 60.2 Å². The van der Waals surface area contributed by atoms with Crippen molar-refractivity contribution in [3.63, 3.8) is 0 Å². The molecule has 1 aliphatic heterocycles. The van der Waals surface area contributed by atoms with Crippen molar-refractivity contribution in [1.82, 2.24) is 29.9 Å². The van der Waals surface area contributed by atoms with Gasteiger partial charge in [-0.15, -0.1) is 10.2 Å². The number of nitrogens with zero attached hydrogens (tertiary/aromatic N) is 7. The van der Waals surface area contributed by atoms with E-state index in [0.717, 1.165) is 95.3 Å².